The molecule has 10 heteroatoms. The second kappa shape index (κ2) is 7.89. The number of halogens is 1. The molecule has 1 N–H and O–H groups in total. The molecule has 0 spiro atoms. The Morgan fingerprint density at radius 3 is 2.86 bits per heavy atom. The Morgan fingerprint density at radius 1 is 1.28 bits per heavy atom. The molecular weight excluding hydrogens is 416 g/mol. The maximum Gasteiger partial charge on any atom is 0.243 e. The second-order valence-electron chi connectivity index (χ2n) is 7.31. The van der Waals surface area contributed by atoms with Gasteiger partial charge in [0.25, 0.3) is 0 Å². The van der Waals surface area contributed by atoms with E-state index < -0.39 is 10.0 Å². The van der Waals surface area contributed by atoms with E-state index in [2.05, 4.69) is 10.3 Å². The molecule has 2 aliphatic rings. The van der Waals surface area contributed by atoms with Gasteiger partial charge in [0.1, 0.15) is 0 Å². The Kier molecular flexibility index (Phi) is 5.46. The standard InChI is InChI=1S/C19H21ClN4O4S/c20-15-10-21-9-13-3-1-4-16(19(13)15)29(27,28)24-8-6-14(11-24)22-17(25)12-23-7-2-5-18(23)26/h1,3-4,9-10,14H,2,5-8,11-12H2,(H,22,25)/t14-/m1/s1. The molecule has 0 aliphatic carbocycles. The van der Waals surface area contributed by atoms with Crippen molar-refractivity contribution in [3.63, 3.8) is 0 Å². The first kappa shape index (κ1) is 20.1. The Balaban J connectivity index is 1.47. The Bertz CT molecular complexity index is 1070. The Hall–Kier alpha value is -2.23. The largest absolute Gasteiger partial charge is 0.350 e. The number of nitrogens with one attached hydrogen (secondary N) is 1. The molecule has 4 rings (SSSR count). The van der Waals surface area contributed by atoms with Crippen molar-refractivity contribution in [2.24, 2.45) is 0 Å². The fourth-order valence-corrected chi connectivity index (χ4v) is 5.95. The number of aromatic nitrogens is 1. The van der Waals surface area contributed by atoms with E-state index in [1.807, 2.05) is 0 Å². The molecule has 2 fully saturated rings. The van der Waals surface area contributed by atoms with E-state index in [0.29, 0.717) is 36.7 Å². The van der Waals surface area contributed by atoms with Gasteiger partial charge in [-0.1, -0.05) is 23.7 Å². The summed E-state index contributed by atoms with van der Waals surface area (Å²) in [6.45, 7) is 1.10. The normalized spacial score (nSPS) is 20.5. The zero-order valence-electron chi connectivity index (χ0n) is 15.7. The highest BCUT2D eigenvalue weighted by molar-refractivity contribution is 7.89. The van der Waals surface area contributed by atoms with Crippen LogP contribution >= 0.6 is 11.6 Å². The van der Waals surface area contributed by atoms with Crippen molar-refractivity contribution < 1.29 is 18.0 Å². The van der Waals surface area contributed by atoms with Crippen molar-refractivity contribution in [2.75, 3.05) is 26.2 Å². The van der Waals surface area contributed by atoms with Crippen molar-refractivity contribution in [1.82, 2.24) is 19.5 Å². The van der Waals surface area contributed by atoms with Gasteiger partial charge in [0.2, 0.25) is 21.8 Å². The van der Waals surface area contributed by atoms with Crippen LogP contribution in [0.2, 0.25) is 5.02 Å². The summed E-state index contributed by atoms with van der Waals surface area (Å²) in [7, 11) is -3.78. The molecule has 1 atom stereocenters. The number of fused-ring (bicyclic) bond motifs is 1. The molecule has 0 radical (unpaired) electrons. The van der Waals surface area contributed by atoms with Gasteiger partial charge >= 0.3 is 0 Å². The summed E-state index contributed by atoms with van der Waals surface area (Å²) in [6, 6.07) is 4.67. The van der Waals surface area contributed by atoms with Gasteiger partial charge < -0.3 is 10.2 Å². The molecular formula is C19H21ClN4O4S. The second-order valence-corrected chi connectivity index (χ2v) is 9.62. The van der Waals surface area contributed by atoms with Gasteiger partial charge in [-0.2, -0.15) is 4.31 Å². The highest BCUT2D eigenvalue weighted by atomic mass is 35.5. The number of amides is 2. The molecule has 3 heterocycles. The van der Waals surface area contributed by atoms with E-state index in [1.165, 1.54) is 21.5 Å². The van der Waals surface area contributed by atoms with Crippen LogP contribution in [0.25, 0.3) is 10.8 Å². The minimum absolute atomic E-state index is 0.0156. The third-order valence-electron chi connectivity index (χ3n) is 5.34. The van der Waals surface area contributed by atoms with Gasteiger partial charge in [-0.3, -0.25) is 14.6 Å². The van der Waals surface area contributed by atoms with Crippen LogP contribution in [0, 0.1) is 0 Å². The van der Waals surface area contributed by atoms with E-state index >= 15 is 0 Å². The number of nitrogens with zero attached hydrogens (tertiary/aromatic N) is 3. The summed E-state index contributed by atoms with van der Waals surface area (Å²) in [4.78, 5) is 29.6. The van der Waals surface area contributed by atoms with Gasteiger partial charge in [-0.25, -0.2) is 8.42 Å². The molecule has 154 valence electrons. The lowest BCUT2D eigenvalue weighted by molar-refractivity contribution is -0.133. The number of pyridine rings is 1. The van der Waals surface area contributed by atoms with Gasteiger partial charge in [-0.15, -0.1) is 0 Å². The lowest BCUT2D eigenvalue weighted by Gasteiger charge is -2.20. The number of benzene rings is 1. The van der Waals surface area contributed by atoms with Crippen molar-refractivity contribution >= 4 is 44.2 Å². The molecule has 0 unspecified atom stereocenters. The van der Waals surface area contributed by atoms with Crippen molar-refractivity contribution in [1.29, 1.82) is 0 Å². The van der Waals surface area contributed by atoms with Gasteiger partial charge in [0, 0.05) is 55.3 Å². The van der Waals surface area contributed by atoms with Crippen molar-refractivity contribution in [3.05, 3.63) is 35.6 Å². The summed E-state index contributed by atoms with van der Waals surface area (Å²) >= 11 is 6.23. The first-order valence-electron chi connectivity index (χ1n) is 9.46. The van der Waals surface area contributed by atoms with Crippen molar-refractivity contribution in [2.45, 2.75) is 30.2 Å². The van der Waals surface area contributed by atoms with Crippen LogP contribution in [0.1, 0.15) is 19.3 Å². The Labute approximate surface area is 173 Å². The molecule has 2 saturated heterocycles. The number of likely N-dealkylation sites (tertiary alicyclic amines) is 1. The van der Waals surface area contributed by atoms with E-state index in [0.717, 1.165) is 6.42 Å². The average molecular weight is 437 g/mol. The number of hydrogen-bond acceptors (Lipinski definition) is 5. The molecule has 1 aromatic heterocycles. The first-order chi connectivity index (χ1) is 13.9. The van der Waals surface area contributed by atoms with Crippen LogP contribution in [0.4, 0.5) is 0 Å². The third kappa shape index (κ3) is 3.94. The predicted molar refractivity (Wildman–Crippen MR) is 108 cm³/mol. The van der Waals surface area contributed by atoms with E-state index in [9.17, 15) is 18.0 Å². The summed E-state index contributed by atoms with van der Waals surface area (Å²) < 4.78 is 27.8. The number of hydrogen-bond donors (Lipinski definition) is 1. The monoisotopic (exact) mass is 436 g/mol. The molecule has 0 bridgehead atoms. The first-order valence-corrected chi connectivity index (χ1v) is 11.3. The smallest absolute Gasteiger partial charge is 0.243 e. The van der Waals surface area contributed by atoms with Crippen LogP contribution in [-0.4, -0.2) is 66.6 Å². The summed E-state index contributed by atoms with van der Waals surface area (Å²) in [5.41, 5.74) is 0. The SMILES string of the molecule is O=C(CN1CCCC1=O)N[C@@H]1CCN(S(=O)(=O)c2cccc3cncc(Cl)c23)C1. The van der Waals surface area contributed by atoms with Crippen LogP contribution in [-0.2, 0) is 19.6 Å². The predicted octanol–water partition coefficient (Wildman–Crippen LogP) is 1.39. The maximum atomic E-state index is 13.2. The molecule has 0 saturated carbocycles. The van der Waals surface area contributed by atoms with Gasteiger partial charge in [0.05, 0.1) is 16.5 Å². The Morgan fingerprint density at radius 2 is 2.10 bits per heavy atom. The molecule has 2 aromatic rings. The fourth-order valence-electron chi connectivity index (χ4n) is 3.90. The molecule has 29 heavy (non-hydrogen) atoms. The zero-order chi connectivity index (χ0) is 20.6. The van der Waals surface area contributed by atoms with Crippen LogP contribution in [0.5, 0.6) is 0 Å². The number of sulfonamides is 1. The van der Waals surface area contributed by atoms with Crippen LogP contribution < -0.4 is 5.32 Å². The lowest BCUT2D eigenvalue weighted by Crippen LogP contribution is -2.44. The number of carbonyl (C=O) groups is 2. The quantitative estimate of drug-likeness (QED) is 0.763. The minimum atomic E-state index is -3.78. The van der Waals surface area contributed by atoms with Crippen LogP contribution in [0.15, 0.2) is 35.5 Å². The minimum Gasteiger partial charge on any atom is -0.350 e. The summed E-state index contributed by atoms with van der Waals surface area (Å²) in [6.07, 6.45) is 4.76. The molecule has 2 aliphatic heterocycles. The highest BCUT2D eigenvalue weighted by Crippen LogP contribution is 2.32. The third-order valence-corrected chi connectivity index (χ3v) is 7.53. The summed E-state index contributed by atoms with van der Waals surface area (Å²) in [5.74, 6) is -0.276. The van der Waals surface area contributed by atoms with Crippen LogP contribution in [0.3, 0.4) is 0 Å². The maximum absolute atomic E-state index is 13.2. The molecule has 8 nitrogen and oxygen atoms in total. The molecule has 1 aromatic carbocycles. The van der Waals surface area contributed by atoms with E-state index in [4.69, 9.17) is 11.6 Å². The fraction of sp³-hybridized carbons (Fsp3) is 0.421. The van der Waals surface area contributed by atoms with E-state index in [-0.39, 0.29) is 40.9 Å². The number of carbonyl (C=O) groups excluding carboxylic acids is 2. The van der Waals surface area contributed by atoms with Crippen molar-refractivity contribution in [3.8, 4) is 0 Å². The number of rotatable bonds is 5. The van der Waals surface area contributed by atoms with E-state index in [1.54, 1.807) is 18.3 Å². The van der Waals surface area contributed by atoms with Gasteiger partial charge in [-0.05, 0) is 18.9 Å². The topological polar surface area (TPSA) is 99.7 Å². The summed E-state index contributed by atoms with van der Waals surface area (Å²) in [5, 5.41) is 4.23. The molecule has 2 amide bonds. The highest BCUT2D eigenvalue weighted by Gasteiger charge is 2.35. The lowest BCUT2D eigenvalue weighted by atomic mass is 10.2. The average Bonchev–Trinajstić information content (AvgIpc) is 3.31. The van der Waals surface area contributed by atoms with Gasteiger partial charge in [0.15, 0.2) is 0 Å². The zero-order valence-corrected chi connectivity index (χ0v) is 17.2.